The van der Waals surface area contributed by atoms with E-state index in [1.165, 1.54) is 12.1 Å². The minimum absolute atomic E-state index is 0.0183. The van der Waals surface area contributed by atoms with Crippen molar-refractivity contribution >= 4 is 40.8 Å². The van der Waals surface area contributed by atoms with Crippen molar-refractivity contribution in [2.75, 3.05) is 12.5 Å². The third-order valence-corrected chi connectivity index (χ3v) is 4.66. The number of nitro groups is 1. The zero-order valence-electron chi connectivity index (χ0n) is 15.8. The first kappa shape index (κ1) is 21.4. The van der Waals surface area contributed by atoms with Gasteiger partial charge in [0.05, 0.1) is 23.9 Å². The topological polar surface area (TPSA) is 86.0 Å². The van der Waals surface area contributed by atoms with Crippen LogP contribution in [0.15, 0.2) is 65.8 Å². The summed E-state index contributed by atoms with van der Waals surface area (Å²) in [6.07, 6.45) is 1.60. The van der Waals surface area contributed by atoms with Gasteiger partial charge in [-0.25, -0.2) is 0 Å². The molecule has 3 aromatic rings. The molecule has 30 heavy (non-hydrogen) atoms. The minimum atomic E-state index is -0.455. The molecule has 154 valence electrons. The van der Waals surface area contributed by atoms with Gasteiger partial charge in [-0.1, -0.05) is 29.3 Å². The van der Waals surface area contributed by atoms with E-state index < -0.39 is 4.92 Å². The van der Waals surface area contributed by atoms with Crippen LogP contribution in [0.1, 0.15) is 11.1 Å². The van der Waals surface area contributed by atoms with Crippen molar-refractivity contribution in [3.63, 3.8) is 0 Å². The lowest BCUT2D eigenvalue weighted by atomic mass is 10.2. The molecule has 0 amide bonds. The summed E-state index contributed by atoms with van der Waals surface area (Å²) in [4.78, 5) is 10.2. The van der Waals surface area contributed by atoms with Crippen molar-refractivity contribution in [1.82, 2.24) is 0 Å². The molecule has 9 heteroatoms. The number of nitro benzene ring substituents is 1. The first-order chi connectivity index (χ1) is 14.5. The number of benzene rings is 3. The zero-order chi connectivity index (χ0) is 21.5. The molecule has 0 unspecified atom stereocenters. The number of nitrogens with one attached hydrogen (secondary N) is 1. The van der Waals surface area contributed by atoms with Crippen molar-refractivity contribution in [3.8, 4) is 11.5 Å². The summed E-state index contributed by atoms with van der Waals surface area (Å²) in [5, 5.41) is 15.9. The van der Waals surface area contributed by atoms with Crippen molar-refractivity contribution in [1.29, 1.82) is 0 Å². The van der Waals surface area contributed by atoms with Gasteiger partial charge in [0.15, 0.2) is 11.5 Å². The number of hydrogen-bond donors (Lipinski definition) is 1. The summed E-state index contributed by atoms with van der Waals surface area (Å²) in [6, 6.07) is 16.6. The van der Waals surface area contributed by atoms with Crippen LogP contribution in [0.3, 0.4) is 0 Å². The van der Waals surface area contributed by atoms with E-state index >= 15 is 0 Å². The lowest BCUT2D eigenvalue weighted by Crippen LogP contribution is -1.99. The second kappa shape index (κ2) is 9.96. The lowest BCUT2D eigenvalue weighted by molar-refractivity contribution is -0.384. The number of ether oxygens (including phenoxy) is 2. The maximum atomic E-state index is 10.7. The van der Waals surface area contributed by atoms with E-state index in [2.05, 4.69) is 10.5 Å². The second-order valence-electron chi connectivity index (χ2n) is 6.11. The minimum Gasteiger partial charge on any atom is -0.493 e. The van der Waals surface area contributed by atoms with E-state index in [0.29, 0.717) is 27.2 Å². The monoisotopic (exact) mass is 445 g/mol. The zero-order valence-corrected chi connectivity index (χ0v) is 17.4. The average molecular weight is 446 g/mol. The first-order valence-electron chi connectivity index (χ1n) is 8.74. The van der Waals surface area contributed by atoms with Gasteiger partial charge >= 0.3 is 0 Å². The summed E-state index contributed by atoms with van der Waals surface area (Å²) >= 11 is 12.1. The fourth-order valence-corrected chi connectivity index (χ4v) is 2.98. The van der Waals surface area contributed by atoms with Gasteiger partial charge in [0.1, 0.15) is 6.61 Å². The molecule has 3 rings (SSSR count). The molecule has 3 aromatic carbocycles. The number of hydrazone groups is 1. The van der Waals surface area contributed by atoms with E-state index in [0.717, 1.165) is 11.1 Å². The van der Waals surface area contributed by atoms with Gasteiger partial charge in [-0.15, -0.1) is 0 Å². The van der Waals surface area contributed by atoms with Gasteiger partial charge < -0.3 is 9.47 Å². The van der Waals surface area contributed by atoms with Gasteiger partial charge in [-0.2, -0.15) is 5.10 Å². The Balaban J connectivity index is 1.64. The molecule has 0 saturated heterocycles. The van der Waals surface area contributed by atoms with E-state index in [1.54, 1.807) is 49.7 Å². The number of rotatable bonds is 8. The Morgan fingerprint density at radius 2 is 1.83 bits per heavy atom. The standard InChI is InChI=1S/C21H17Cl2N3O4/c1-29-21-10-14(12-24-25-17-5-7-18(8-6-17)26(27)28)2-9-20(21)30-13-15-3-4-16(22)11-19(15)23/h2-12,25H,13H2,1H3/b24-12+. The molecule has 0 aliphatic carbocycles. The molecule has 0 spiro atoms. The number of methoxy groups -OCH3 is 1. The van der Waals surface area contributed by atoms with Crippen LogP contribution in [-0.4, -0.2) is 18.2 Å². The molecule has 1 N–H and O–H groups in total. The predicted molar refractivity (Wildman–Crippen MR) is 118 cm³/mol. The highest BCUT2D eigenvalue weighted by Crippen LogP contribution is 2.30. The molecule has 0 heterocycles. The fourth-order valence-electron chi connectivity index (χ4n) is 2.52. The highest BCUT2D eigenvalue weighted by atomic mass is 35.5. The normalized spacial score (nSPS) is 10.8. The number of halogens is 2. The Morgan fingerprint density at radius 3 is 2.50 bits per heavy atom. The summed E-state index contributed by atoms with van der Waals surface area (Å²) in [6.45, 7) is 0.265. The lowest BCUT2D eigenvalue weighted by Gasteiger charge is -2.12. The SMILES string of the molecule is COc1cc(/C=N/Nc2ccc([N+](=O)[O-])cc2)ccc1OCc1ccc(Cl)cc1Cl. The van der Waals surface area contributed by atoms with E-state index in [9.17, 15) is 10.1 Å². The Hall–Kier alpha value is -3.29. The number of nitrogens with zero attached hydrogens (tertiary/aromatic N) is 2. The molecule has 0 aliphatic rings. The highest BCUT2D eigenvalue weighted by molar-refractivity contribution is 6.35. The number of non-ortho nitro benzene ring substituents is 1. The third-order valence-electron chi connectivity index (χ3n) is 4.07. The van der Waals surface area contributed by atoms with Crippen LogP contribution in [0.25, 0.3) is 0 Å². The highest BCUT2D eigenvalue weighted by Gasteiger charge is 2.08. The smallest absolute Gasteiger partial charge is 0.269 e. The molecule has 7 nitrogen and oxygen atoms in total. The summed E-state index contributed by atoms with van der Waals surface area (Å²) < 4.78 is 11.2. The molecule has 0 atom stereocenters. The predicted octanol–water partition coefficient (Wildman–Crippen LogP) is 5.94. The summed E-state index contributed by atoms with van der Waals surface area (Å²) in [5.41, 5.74) is 5.05. The molecule has 0 saturated carbocycles. The van der Waals surface area contributed by atoms with Crippen LogP contribution in [0.4, 0.5) is 11.4 Å². The summed E-state index contributed by atoms with van der Waals surface area (Å²) in [5.74, 6) is 1.10. The van der Waals surface area contributed by atoms with Crippen LogP contribution in [0.5, 0.6) is 11.5 Å². The second-order valence-corrected chi connectivity index (χ2v) is 6.95. The maximum Gasteiger partial charge on any atom is 0.269 e. The maximum absolute atomic E-state index is 10.7. The molecule has 0 aromatic heterocycles. The van der Waals surface area contributed by atoms with Crippen LogP contribution >= 0.6 is 23.2 Å². The Kier molecular flexibility index (Phi) is 7.11. The third kappa shape index (κ3) is 5.62. The van der Waals surface area contributed by atoms with Gasteiger partial charge in [0.2, 0.25) is 0 Å². The van der Waals surface area contributed by atoms with E-state index in [1.807, 2.05) is 12.1 Å². The van der Waals surface area contributed by atoms with Crippen molar-refractivity contribution < 1.29 is 14.4 Å². The van der Waals surface area contributed by atoms with Gasteiger partial charge in [-0.3, -0.25) is 15.5 Å². The molecular weight excluding hydrogens is 429 g/mol. The van der Waals surface area contributed by atoms with E-state index in [4.69, 9.17) is 32.7 Å². The Labute approximate surface area is 183 Å². The average Bonchev–Trinajstić information content (AvgIpc) is 2.74. The number of hydrogen-bond acceptors (Lipinski definition) is 6. The van der Waals surface area contributed by atoms with Gasteiger partial charge in [-0.05, 0) is 48.0 Å². The molecule has 0 bridgehead atoms. The summed E-state index contributed by atoms with van der Waals surface area (Å²) in [7, 11) is 1.55. The van der Waals surface area contributed by atoms with E-state index in [-0.39, 0.29) is 12.3 Å². The van der Waals surface area contributed by atoms with Crippen LogP contribution in [0, 0.1) is 10.1 Å². The van der Waals surface area contributed by atoms with Crippen molar-refractivity contribution in [3.05, 3.63) is 92.0 Å². The molecule has 0 radical (unpaired) electrons. The van der Waals surface area contributed by atoms with Gasteiger partial charge in [0, 0.05) is 27.7 Å². The molecule has 0 fully saturated rings. The Bertz CT molecular complexity index is 1070. The van der Waals surface area contributed by atoms with Crippen LogP contribution in [0.2, 0.25) is 10.0 Å². The first-order valence-corrected chi connectivity index (χ1v) is 9.50. The van der Waals surface area contributed by atoms with Crippen LogP contribution in [-0.2, 0) is 6.61 Å². The van der Waals surface area contributed by atoms with Crippen LogP contribution < -0.4 is 14.9 Å². The largest absolute Gasteiger partial charge is 0.493 e. The Morgan fingerprint density at radius 1 is 1.07 bits per heavy atom. The molecule has 0 aliphatic heterocycles. The fraction of sp³-hybridized carbons (Fsp3) is 0.0952. The van der Waals surface area contributed by atoms with Crippen molar-refractivity contribution in [2.45, 2.75) is 6.61 Å². The number of anilines is 1. The molecular formula is C21H17Cl2N3O4. The van der Waals surface area contributed by atoms with Crippen molar-refractivity contribution in [2.24, 2.45) is 5.10 Å². The quantitative estimate of drug-likeness (QED) is 0.263. The van der Waals surface area contributed by atoms with Gasteiger partial charge in [0.25, 0.3) is 5.69 Å².